The molecule has 10 heteroatoms. The van der Waals surface area contributed by atoms with Crippen molar-refractivity contribution in [3.8, 4) is 0 Å². The summed E-state index contributed by atoms with van der Waals surface area (Å²) in [6, 6.07) is -0.278. The minimum atomic E-state index is -0.397. The van der Waals surface area contributed by atoms with Crippen LogP contribution >= 0.6 is 0 Å². The molecular formula is C21H30N6O4. The minimum absolute atomic E-state index is 0.0857. The molecule has 0 bridgehead atoms. The van der Waals surface area contributed by atoms with E-state index in [0.29, 0.717) is 55.4 Å². The fourth-order valence-corrected chi connectivity index (χ4v) is 3.87. The number of carbonyl (C=O) groups is 2. The van der Waals surface area contributed by atoms with Gasteiger partial charge in [-0.1, -0.05) is 6.58 Å². The lowest BCUT2D eigenvalue weighted by molar-refractivity contribution is -0.131. The van der Waals surface area contributed by atoms with E-state index in [1.807, 2.05) is 18.7 Å². The van der Waals surface area contributed by atoms with Gasteiger partial charge in [0, 0.05) is 40.1 Å². The Hall–Kier alpha value is -2.98. The van der Waals surface area contributed by atoms with Gasteiger partial charge in [-0.2, -0.15) is 0 Å². The van der Waals surface area contributed by atoms with E-state index in [0.717, 1.165) is 0 Å². The van der Waals surface area contributed by atoms with Gasteiger partial charge in [-0.15, -0.1) is 0 Å². The fourth-order valence-electron chi connectivity index (χ4n) is 3.87. The van der Waals surface area contributed by atoms with Gasteiger partial charge in [-0.3, -0.25) is 9.59 Å². The molecule has 0 unspecified atom stereocenters. The van der Waals surface area contributed by atoms with Gasteiger partial charge in [0.15, 0.2) is 5.65 Å². The Morgan fingerprint density at radius 3 is 2.65 bits per heavy atom. The lowest BCUT2D eigenvalue weighted by Gasteiger charge is -2.47. The molecular weight excluding hydrogens is 400 g/mol. The lowest BCUT2D eigenvalue weighted by Crippen LogP contribution is -2.61. The zero-order valence-electron chi connectivity index (χ0n) is 18.5. The summed E-state index contributed by atoms with van der Waals surface area (Å²) in [6.45, 7) is 10.0. The second kappa shape index (κ2) is 9.44. The van der Waals surface area contributed by atoms with Crippen molar-refractivity contribution in [3.63, 3.8) is 0 Å². The van der Waals surface area contributed by atoms with Crippen molar-refractivity contribution in [1.82, 2.24) is 25.2 Å². The molecule has 2 aromatic rings. The van der Waals surface area contributed by atoms with Crippen molar-refractivity contribution in [2.75, 3.05) is 52.0 Å². The van der Waals surface area contributed by atoms with E-state index in [-0.39, 0.29) is 17.9 Å². The number of hydrogen-bond donors (Lipinski definition) is 2. The van der Waals surface area contributed by atoms with E-state index in [9.17, 15) is 9.59 Å². The third-order valence-corrected chi connectivity index (χ3v) is 5.35. The predicted molar refractivity (Wildman–Crippen MR) is 117 cm³/mol. The average molecular weight is 431 g/mol. The van der Waals surface area contributed by atoms with Crippen molar-refractivity contribution in [3.05, 3.63) is 30.6 Å². The van der Waals surface area contributed by atoms with E-state index in [2.05, 4.69) is 26.8 Å². The first-order chi connectivity index (χ1) is 14.8. The number of anilines is 1. The Balaban J connectivity index is 1.82. The largest absolute Gasteiger partial charge is 0.382 e. The van der Waals surface area contributed by atoms with Crippen LogP contribution in [0.4, 0.5) is 5.82 Å². The van der Waals surface area contributed by atoms with Gasteiger partial charge in [0.25, 0.3) is 5.91 Å². The summed E-state index contributed by atoms with van der Waals surface area (Å²) in [5.74, 6) is 0.293. The molecule has 31 heavy (non-hydrogen) atoms. The van der Waals surface area contributed by atoms with Crippen LogP contribution in [0.25, 0.3) is 11.2 Å². The number of nitrogens with one attached hydrogen (secondary N) is 2. The topological polar surface area (TPSA) is 113 Å². The minimum Gasteiger partial charge on any atom is -0.382 e. The van der Waals surface area contributed by atoms with Crippen LogP contribution in [0.15, 0.2) is 25.0 Å². The summed E-state index contributed by atoms with van der Waals surface area (Å²) >= 11 is 0. The van der Waals surface area contributed by atoms with Gasteiger partial charge in [0.2, 0.25) is 5.91 Å². The van der Waals surface area contributed by atoms with Gasteiger partial charge in [-0.05, 0) is 19.9 Å². The van der Waals surface area contributed by atoms with Crippen LogP contribution in [-0.2, 0) is 14.3 Å². The zero-order chi connectivity index (χ0) is 22.6. The summed E-state index contributed by atoms with van der Waals surface area (Å²) in [5.41, 5.74) is 1.03. The van der Waals surface area contributed by atoms with Gasteiger partial charge >= 0.3 is 0 Å². The standard InChI is InChI=1S/C21H30N6O4/c1-6-17(28)27-8-7-26(13-21(27,2)3)16-10-23-19-18(25-16)15(9-22-19)20(29)24-14(11-30-4)12-31-5/h6,9-10,14H,1,7-8,11-13H2,2-5H3,(H,22,23)(H,24,29). The number of nitrogens with zero attached hydrogens (tertiary/aromatic N) is 4. The molecule has 0 spiro atoms. The van der Waals surface area contributed by atoms with E-state index in [1.165, 1.54) is 6.08 Å². The van der Waals surface area contributed by atoms with Crippen LogP contribution in [-0.4, -0.2) is 90.3 Å². The number of carbonyl (C=O) groups excluding carboxylic acids is 2. The fraction of sp³-hybridized carbons (Fsp3) is 0.524. The number of aromatic nitrogens is 3. The Morgan fingerprint density at radius 1 is 1.32 bits per heavy atom. The molecule has 10 nitrogen and oxygen atoms in total. The monoisotopic (exact) mass is 430 g/mol. The zero-order valence-corrected chi connectivity index (χ0v) is 18.5. The molecule has 1 fully saturated rings. The number of ether oxygens (including phenoxy) is 2. The van der Waals surface area contributed by atoms with Crippen LogP contribution < -0.4 is 10.2 Å². The molecule has 0 saturated carbocycles. The highest BCUT2D eigenvalue weighted by Gasteiger charge is 2.36. The second-order valence-electron chi connectivity index (χ2n) is 8.14. The Labute approximate surface area is 181 Å². The van der Waals surface area contributed by atoms with Gasteiger partial charge in [0.05, 0.1) is 36.6 Å². The number of rotatable bonds is 8. The molecule has 3 rings (SSSR count). The highest BCUT2D eigenvalue weighted by atomic mass is 16.5. The summed E-state index contributed by atoms with van der Waals surface area (Å²) < 4.78 is 10.3. The highest BCUT2D eigenvalue weighted by molar-refractivity contribution is 6.04. The molecule has 1 aliphatic heterocycles. The van der Waals surface area contributed by atoms with Crippen LogP contribution in [0.3, 0.4) is 0 Å². The van der Waals surface area contributed by atoms with E-state index in [1.54, 1.807) is 26.6 Å². The van der Waals surface area contributed by atoms with Crippen LogP contribution in [0.5, 0.6) is 0 Å². The van der Waals surface area contributed by atoms with Crippen LogP contribution in [0, 0.1) is 0 Å². The SMILES string of the molecule is C=CC(=O)N1CCN(c2cnc3[nH]cc(C(=O)NC(COC)COC)c3n2)CC1(C)C. The summed E-state index contributed by atoms with van der Waals surface area (Å²) in [6.07, 6.45) is 4.62. The van der Waals surface area contributed by atoms with E-state index in [4.69, 9.17) is 14.5 Å². The maximum Gasteiger partial charge on any atom is 0.255 e. The molecule has 1 saturated heterocycles. The number of piperazine rings is 1. The van der Waals surface area contributed by atoms with Crippen molar-refractivity contribution in [1.29, 1.82) is 0 Å². The number of methoxy groups -OCH3 is 2. The Kier molecular flexibility index (Phi) is 6.91. The maximum absolute atomic E-state index is 12.8. The average Bonchev–Trinajstić information content (AvgIpc) is 3.16. The third-order valence-electron chi connectivity index (χ3n) is 5.35. The molecule has 0 radical (unpaired) electrons. The number of aromatic amines is 1. The quantitative estimate of drug-likeness (QED) is 0.600. The van der Waals surface area contributed by atoms with Crippen molar-refractivity contribution in [2.24, 2.45) is 0 Å². The van der Waals surface area contributed by atoms with Gasteiger partial charge < -0.3 is 29.6 Å². The number of hydrogen-bond acceptors (Lipinski definition) is 7. The number of H-pyrrole nitrogens is 1. The van der Waals surface area contributed by atoms with Crippen LogP contribution in [0.1, 0.15) is 24.2 Å². The third kappa shape index (κ3) is 4.86. The predicted octanol–water partition coefficient (Wildman–Crippen LogP) is 0.962. The molecule has 168 valence electrons. The van der Waals surface area contributed by atoms with Crippen molar-refractivity contribution < 1.29 is 19.1 Å². The molecule has 0 aromatic carbocycles. The summed E-state index contributed by atoms with van der Waals surface area (Å²) in [7, 11) is 3.14. The van der Waals surface area contributed by atoms with Crippen molar-refractivity contribution in [2.45, 2.75) is 25.4 Å². The van der Waals surface area contributed by atoms with E-state index < -0.39 is 5.54 Å². The maximum atomic E-state index is 12.8. The van der Waals surface area contributed by atoms with Gasteiger partial charge in [-0.25, -0.2) is 9.97 Å². The normalized spacial score (nSPS) is 16.0. The van der Waals surface area contributed by atoms with Crippen LogP contribution in [0.2, 0.25) is 0 Å². The molecule has 3 heterocycles. The first-order valence-corrected chi connectivity index (χ1v) is 10.1. The summed E-state index contributed by atoms with van der Waals surface area (Å²) in [5, 5.41) is 2.91. The van der Waals surface area contributed by atoms with Gasteiger partial charge in [0.1, 0.15) is 11.3 Å². The highest BCUT2D eigenvalue weighted by Crippen LogP contribution is 2.26. The lowest BCUT2D eigenvalue weighted by atomic mass is 9.98. The molecule has 0 atom stereocenters. The van der Waals surface area contributed by atoms with E-state index >= 15 is 0 Å². The smallest absolute Gasteiger partial charge is 0.255 e. The first-order valence-electron chi connectivity index (χ1n) is 10.1. The first kappa shape index (κ1) is 22.7. The Bertz CT molecular complexity index is 950. The number of fused-ring (bicyclic) bond motifs is 1. The second-order valence-corrected chi connectivity index (χ2v) is 8.14. The molecule has 0 aliphatic carbocycles. The summed E-state index contributed by atoms with van der Waals surface area (Å²) in [4.78, 5) is 41.1. The molecule has 2 N–H and O–H groups in total. The van der Waals surface area contributed by atoms with Crippen molar-refractivity contribution >= 4 is 28.8 Å². The molecule has 2 aromatic heterocycles. The molecule has 2 amide bonds. The molecule has 1 aliphatic rings. The Morgan fingerprint density at radius 2 is 2.03 bits per heavy atom. The number of amides is 2.